The molecule has 0 spiro atoms. The minimum Gasteiger partial charge on any atom is -0.371 e. The van der Waals surface area contributed by atoms with Crippen LogP contribution < -0.4 is 4.90 Å². The molecule has 1 aromatic carbocycles. The number of carbonyl (C=O) groups is 1. The van der Waals surface area contributed by atoms with Gasteiger partial charge in [-0.15, -0.1) is 0 Å². The number of halogens is 1. The summed E-state index contributed by atoms with van der Waals surface area (Å²) in [5, 5.41) is 0. The zero-order valence-corrected chi connectivity index (χ0v) is 9.50. The van der Waals surface area contributed by atoms with Crippen LogP contribution in [0, 0.1) is 5.82 Å². The number of Topliss-reactive ketones (excluding diaryl/α,β-unsaturated/α-hetero) is 1. The standard InChI is InChI=1S/C13H16FNO/c1-10(16)8-11-9-12(14)4-5-13(11)15-6-2-3-7-15/h4-5,9H,2-3,6-8H2,1H3. The molecule has 1 heterocycles. The molecule has 0 aliphatic carbocycles. The summed E-state index contributed by atoms with van der Waals surface area (Å²) < 4.78 is 13.2. The van der Waals surface area contributed by atoms with E-state index in [4.69, 9.17) is 0 Å². The number of ketones is 1. The summed E-state index contributed by atoms with van der Waals surface area (Å²) in [4.78, 5) is 13.4. The summed E-state index contributed by atoms with van der Waals surface area (Å²) in [6, 6.07) is 4.74. The number of carbonyl (C=O) groups excluding carboxylic acids is 1. The molecular weight excluding hydrogens is 205 g/mol. The molecular formula is C13H16FNO. The Morgan fingerprint density at radius 2 is 2.06 bits per heavy atom. The Morgan fingerprint density at radius 3 is 2.69 bits per heavy atom. The Bertz CT molecular complexity index is 397. The van der Waals surface area contributed by atoms with Gasteiger partial charge in [-0.05, 0) is 43.5 Å². The van der Waals surface area contributed by atoms with Gasteiger partial charge in [0.05, 0.1) is 0 Å². The first-order valence-electron chi connectivity index (χ1n) is 5.69. The van der Waals surface area contributed by atoms with Crippen molar-refractivity contribution in [3.63, 3.8) is 0 Å². The summed E-state index contributed by atoms with van der Waals surface area (Å²) in [7, 11) is 0. The van der Waals surface area contributed by atoms with Crippen LogP contribution in [0.3, 0.4) is 0 Å². The SMILES string of the molecule is CC(=O)Cc1cc(F)ccc1N1CCCC1. The van der Waals surface area contributed by atoms with E-state index in [2.05, 4.69) is 4.90 Å². The lowest BCUT2D eigenvalue weighted by Crippen LogP contribution is -2.20. The van der Waals surface area contributed by atoms with Crippen molar-refractivity contribution in [2.45, 2.75) is 26.2 Å². The molecule has 0 bridgehead atoms. The van der Waals surface area contributed by atoms with E-state index in [1.54, 1.807) is 13.0 Å². The molecule has 1 aromatic rings. The average molecular weight is 221 g/mol. The van der Waals surface area contributed by atoms with Crippen molar-refractivity contribution in [3.05, 3.63) is 29.6 Å². The van der Waals surface area contributed by atoms with E-state index in [1.165, 1.54) is 25.0 Å². The zero-order chi connectivity index (χ0) is 11.5. The Balaban J connectivity index is 2.30. The Morgan fingerprint density at radius 1 is 1.38 bits per heavy atom. The summed E-state index contributed by atoms with van der Waals surface area (Å²) in [5.74, 6) is -0.190. The molecule has 0 unspecified atom stereocenters. The average Bonchev–Trinajstić information content (AvgIpc) is 2.69. The molecule has 86 valence electrons. The van der Waals surface area contributed by atoms with Gasteiger partial charge < -0.3 is 4.90 Å². The van der Waals surface area contributed by atoms with Crippen LogP contribution in [0.25, 0.3) is 0 Å². The van der Waals surface area contributed by atoms with Gasteiger partial charge in [0.2, 0.25) is 0 Å². The van der Waals surface area contributed by atoms with Gasteiger partial charge in [-0.2, -0.15) is 0 Å². The smallest absolute Gasteiger partial charge is 0.134 e. The van der Waals surface area contributed by atoms with Crippen LogP contribution in [0.15, 0.2) is 18.2 Å². The predicted octanol–water partition coefficient (Wildman–Crippen LogP) is 2.56. The third-order valence-corrected chi connectivity index (χ3v) is 2.93. The Hall–Kier alpha value is -1.38. The quantitative estimate of drug-likeness (QED) is 0.781. The molecule has 0 N–H and O–H groups in total. The predicted molar refractivity (Wildman–Crippen MR) is 62.2 cm³/mol. The summed E-state index contributed by atoms with van der Waals surface area (Å²) in [6.07, 6.45) is 2.68. The Labute approximate surface area is 95.1 Å². The molecule has 2 nitrogen and oxygen atoms in total. The molecule has 1 aliphatic rings. The third kappa shape index (κ3) is 2.40. The van der Waals surface area contributed by atoms with Gasteiger partial charge in [0.1, 0.15) is 11.6 Å². The van der Waals surface area contributed by atoms with Crippen molar-refractivity contribution in [1.82, 2.24) is 0 Å². The van der Waals surface area contributed by atoms with Gasteiger partial charge in [0.25, 0.3) is 0 Å². The number of hydrogen-bond donors (Lipinski definition) is 0. The first kappa shape index (κ1) is 11.1. The third-order valence-electron chi connectivity index (χ3n) is 2.93. The van der Waals surface area contributed by atoms with Crippen LogP contribution >= 0.6 is 0 Å². The molecule has 1 aliphatic heterocycles. The van der Waals surface area contributed by atoms with E-state index >= 15 is 0 Å². The monoisotopic (exact) mass is 221 g/mol. The van der Waals surface area contributed by atoms with Crippen LogP contribution in [0.4, 0.5) is 10.1 Å². The maximum atomic E-state index is 13.2. The normalized spacial score (nSPS) is 15.5. The van der Waals surface area contributed by atoms with E-state index in [1.807, 2.05) is 0 Å². The van der Waals surface area contributed by atoms with Crippen molar-refractivity contribution < 1.29 is 9.18 Å². The maximum absolute atomic E-state index is 13.2. The van der Waals surface area contributed by atoms with E-state index in [0.29, 0.717) is 6.42 Å². The highest BCUT2D eigenvalue weighted by Gasteiger charge is 2.16. The molecule has 0 saturated carbocycles. The lowest BCUT2D eigenvalue weighted by Gasteiger charge is -2.21. The highest BCUT2D eigenvalue weighted by Crippen LogP contribution is 2.25. The fourth-order valence-electron chi connectivity index (χ4n) is 2.23. The summed E-state index contributed by atoms with van der Waals surface area (Å²) in [6.45, 7) is 3.56. The molecule has 1 saturated heterocycles. The number of anilines is 1. The van der Waals surface area contributed by atoms with Gasteiger partial charge in [-0.3, -0.25) is 4.79 Å². The fourth-order valence-corrected chi connectivity index (χ4v) is 2.23. The van der Waals surface area contributed by atoms with Crippen molar-refractivity contribution >= 4 is 11.5 Å². The van der Waals surface area contributed by atoms with Gasteiger partial charge in [-0.1, -0.05) is 0 Å². The van der Waals surface area contributed by atoms with Crippen molar-refractivity contribution in [2.75, 3.05) is 18.0 Å². The molecule has 0 radical (unpaired) electrons. The van der Waals surface area contributed by atoms with Crippen molar-refractivity contribution in [1.29, 1.82) is 0 Å². The van der Waals surface area contributed by atoms with Crippen LogP contribution in [-0.2, 0) is 11.2 Å². The lowest BCUT2D eigenvalue weighted by atomic mass is 10.1. The second-order valence-electron chi connectivity index (χ2n) is 4.35. The van der Waals surface area contributed by atoms with Gasteiger partial charge in [0.15, 0.2) is 0 Å². The first-order chi connectivity index (χ1) is 7.66. The minimum atomic E-state index is -0.265. The van der Waals surface area contributed by atoms with Crippen LogP contribution in [0.2, 0.25) is 0 Å². The number of rotatable bonds is 3. The number of benzene rings is 1. The summed E-state index contributed by atoms with van der Waals surface area (Å²) in [5.41, 5.74) is 1.84. The molecule has 3 heteroatoms. The minimum absolute atomic E-state index is 0.0750. The lowest BCUT2D eigenvalue weighted by molar-refractivity contribution is -0.116. The molecule has 0 amide bonds. The van der Waals surface area contributed by atoms with Gasteiger partial charge in [-0.25, -0.2) is 4.39 Å². The second-order valence-corrected chi connectivity index (χ2v) is 4.35. The van der Waals surface area contributed by atoms with Gasteiger partial charge in [0, 0.05) is 25.2 Å². The number of hydrogen-bond acceptors (Lipinski definition) is 2. The van der Waals surface area contributed by atoms with Gasteiger partial charge >= 0.3 is 0 Å². The number of nitrogens with zero attached hydrogens (tertiary/aromatic N) is 1. The second kappa shape index (κ2) is 4.64. The summed E-state index contributed by atoms with van der Waals surface area (Å²) >= 11 is 0. The largest absolute Gasteiger partial charge is 0.371 e. The topological polar surface area (TPSA) is 20.3 Å². The van der Waals surface area contributed by atoms with Crippen LogP contribution in [0.1, 0.15) is 25.3 Å². The molecule has 2 rings (SSSR count). The van der Waals surface area contributed by atoms with E-state index in [0.717, 1.165) is 24.3 Å². The highest BCUT2D eigenvalue weighted by atomic mass is 19.1. The molecule has 0 atom stereocenters. The molecule has 0 aromatic heterocycles. The van der Waals surface area contributed by atoms with Crippen LogP contribution in [0.5, 0.6) is 0 Å². The molecule has 16 heavy (non-hydrogen) atoms. The van der Waals surface area contributed by atoms with E-state index in [9.17, 15) is 9.18 Å². The van der Waals surface area contributed by atoms with E-state index < -0.39 is 0 Å². The van der Waals surface area contributed by atoms with Crippen molar-refractivity contribution in [2.24, 2.45) is 0 Å². The van der Waals surface area contributed by atoms with Crippen LogP contribution in [-0.4, -0.2) is 18.9 Å². The molecule has 1 fully saturated rings. The van der Waals surface area contributed by atoms with Crippen molar-refractivity contribution in [3.8, 4) is 0 Å². The fraction of sp³-hybridized carbons (Fsp3) is 0.462. The first-order valence-corrected chi connectivity index (χ1v) is 5.69. The maximum Gasteiger partial charge on any atom is 0.134 e. The van der Waals surface area contributed by atoms with E-state index in [-0.39, 0.29) is 11.6 Å². The zero-order valence-electron chi connectivity index (χ0n) is 9.50. The highest BCUT2D eigenvalue weighted by molar-refractivity contribution is 5.80. The Kier molecular flexibility index (Phi) is 3.22.